The quantitative estimate of drug-likeness (QED) is 0.601. The number of nitrogens with zero attached hydrogens (tertiary/aromatic N) is 1. The molecule has 0 amide bonds. The topological polar surface area (TPSA) is 40.9 Å². The average Bonchev–Trinajstić information content (AvgIpc) is 2.45. The Bertz CT molecular complexity index is 621. The van der Waals surface area contributed by atoms with Crippen LogP contribution in [0, 0.1) is 11.3 Å². The molecule has 86 valence electrons. The first-order valence-corrected chi connectivity index (χ1v) is 5.58. The average molecular weight is 233 g/mol. The van der Waals surface area contributed by atoms with Gasteiger partial charge in [-0.3, -0.25) is 4.79 Å². The Morgan fingerprint density at radius 1 is 1.00 bits per heavy atom. The van der Waals surface area contributed by atoms with Crippen LogP contribution in [0.1, 0.15) is 21.5 Å². The first-order chi connectivity index (χ1) is 8.83. The second kappa shape index (κ2) is 5.60. The molecule has 0 heterocycles. The van der Waals surface area contributed by atoms with E-state index >= 15 is 0 Å². The van der Waals surface area contributed by atoms with Gasteiger partial charge in [0.1, 0.15) is 0 Å². The van der Waals surface area contributed by atoms with Crippen LogP contribution in [0.2, 0.25) is 0 Å². The minimum absolute atomic E-state index is 0.0335. The van der Waals surface area contributed by atoms with Gasteiger partial charge in [0, 0.05) is 17.2 Å². The molecule has 0 saturated heterocycles. The fraction of sp³-hybridized carbons (Fsp3) is 0. The summed E-state index contributed by atoms with van der Waals surface area (Å²) in [5, 5.41) is 8.55. The van der Waals surface area contributed by atoms with E-state index in [4.69, 9.17) is 5.26 Å². The molecule has 0 saturated carbocycles. The number of allylic oxidation sites excluding steroid dienone is 1. The van der Waals surface area contributed by atoms with Crippen LogP contribution in [0.3, 0.4) is 0 Å². The number of hydrogen-bond acceptors (Lipinski definition) is 2. The summed E-state index contributed by atoms with van der Waals surface area (Å²) in [6, 6.07) is 18.3. The van der Waals surface area contributed by atoms with Crippen molar-refractivity contribution in [2.24, 2.45) is 0 Å². The Hall–Kier alpha value is -2.66. The van der Waals surface area contributed by atoms with E-state index in [1.807, 2.05) is 42.5 Å². The van der Waals surface area contributed by atoms with Crippen molar-refractivity contribution in [2.75, 3.05) is 0 Å². The number of carbonyl (C=O) groups excluding carboxylic acids is 1. The van der Waals surface area contributed by atoms with E-state index in [0.29, 0.717) is 11.1 Å². The van der Waals surface area contributed by atoms with E-state index in [1.54, 1.807) is 24.3 Å². The fourth-order valence-electron chi connectivity index (χ4n) is 1.72. The first-order valence-electron chi connectivity index (χ1n) is 5.58. The molecule has 2 nitrogen and oxygen atoms in total. The Labute approximate surface area is 106 Å². The van der Waals surface area contributed by atoms with Crippen molar-refractivity contribution in [1.29, 1.82) is 5.26 Å². The van der Waals surface area contributed by atoms with Crippen LogP contribution in [-0.2, 0) is 0 Å². The lowest BCUT2D eigenvalue weighted by Gasteiger charge is -2.04. The van der Waals surface area contributed by atoms with Crippen molar-refractivity contribution < 1.29 is 4.79 Å². The molecular weight excluding hydrogens is 222 g/mol. The summed E-state index contributed by atoms with van der Waals surface area (Å²) >= 11 is 0. The highest BCUT2D eigenvalue weighted by molar-refractivity contribution is 6.11. The van der Waals surface area contributed by atoms with Crippen LogP contribution >= 0.6 is 0 Å². The van der Waals surface area contributed by atoms with Crippen LogP contribution in [0.5, 0.6) is 0 Å². The molecule has 0 aromatic heterocycles. The molecule has 0 radical (unpaired) electrons. The largest absolute Gasteiger partial charge is 0.289 e. The van der Waals surface area contributed by atoms with E-state index < -0.39 is 0 Å². The van der Waals surface area contributed by atoms with Crippen molar-refractivity contribution in [3.05, 3.63) is 77.4 Å². The van der Waals surface area contributed by atoms with Crippen molar-refractivity contribution in [2.45, 2.75) is 0 Å². The van der Waals surface area contributed by atoms with E-state index in [1.165, 1.54) is 6.08 Å². The van der Waals surface area contributed by atoms with Gasteiger partial charge in [0.15, 0.2) is 5.78 Å². The predicted octanol–water partition coefficient (Wildman–Crippen LogP) is 3.45. The number of rotatable bonds is 3. The second-order valence-electron chi connectivity index (χ2n) is 3.74. The Kier molecular flexibility index (Phi) is 3.68. The summed E-state index contributed by atoms with van der Waals surface area (Å²) in [5.41, 5.74) is 2.01. The molecule has 0 bridgehead atoms. The molecular formula is C16H11NO. The first kappa shape index (κ1) is 11.8. The van der Waals surface area contributed by atoms with Gasteiger partial charge in [0.25, 0.3) is 0 Å². The molecule has 0 unspecified atom stereocenters. The lowest BCUT2D eigenvalue weighted by atomic mass is 9.98. The van der Waals surface area contributed by atoms with Crippen molar-refractivity contribution in [3.63, 3.8) is 0 Å². The molecule has 0 aliphatic carbocycles. The standard InChI is InChI=1S/C16H11NO/c17-12-6-10-13-7-4-5-11-15(13)16(18)14-8-2-1-3-9-14/h1-11H. The molecule has 2 heteroatoms. The maximum atomic E-state index is 12.3. The van der Waals surface area contributed by atoms with Gasteiger partial charge in [-0.15, -0.1) is 0 Å². The summed E-state index contributed by atoms with van der Waals surface area (Å²) in [6.07, 6.45) is 3.02. The molecule has 0 fully saturated rings. The third-order valence-electron chi connectivity index (χ3n) is 2.58. The van der Waals surface area contributed by atoms with Gasteiger partial charge in [-0.1, -0.05) is 54.6 Å². The summed E-state index contributed by atoms with van der Waals surface area (Å²) in [6.45, 7) is 0. The molecule has 0 aliphatic rings. The number of ketones is 1. The van der Waals surface area contributed by atoms with Crippen LogP contribution in [-0.4, -0.2) is 5.78 Å². The molecule has 0 aliphatic heterocycles. The summed E-state index contributed by atoms with van der Waals surface area (Å²) in [7, 11) is 0. The molecule has 18 heavy (non-hydrogen) atoms. The monoisotopic (exact) mass is 233 g/mol. The van der Waals surface area contributed by atoms with E-state index in [9.17, 15) is 4.79 Å². The predicted molar refractivity (Wildman–Crippen MR) is 71.0 cm³/mol. The van der Waals surface area contributed by atoms with Crippen molar-refractivity contribution >= 4 is 11.9 Å². The molecule has 0 spiro atoms. The Morgan fingerprint density at radius 2 is 1.67 bits per heavy atom. The fourth-order valence-corrected chi connectivity index (χ4v) is 1.72. The van der Waals surface area contributed by atoms with Crippen LogP contribution in [0.25, 0.3) is 6.08 Å². The zero-order chi connectivity index (χ0) is 12.8. The number of nitriles is 1. The highest BCUT2D eigenvalue weighted by Crippen LogP contribution is 2.15. The smallest absolute Gasteiger partial charge is 0.193 e. The SMILES string of the molecule is N#CC=Cc1ccccc1C(=O)c1ccccc1. The molecule has 2 aromatic rings. The Balaban J connectivity index is 2.43. The van der Waals surface area contributed by atoms with Crippen LogP contribution in [0.4, 0.5) is 0 Å². The van der Waals surface area contributed by atoms with Crippen LogP contribution in [0.15, 0.2) is 60.7 Å². The van der Waals surface area contributed by atoms with Gasteiger partial charge in [-0.2, -0.15) is 5.26 Å². The number of carbonyl (C=O) groups is 1. The van der Waals surface area contributed by atoms with Gasteiger partial charge in [-0.25, -0.2) is 0 Å². The molecule has 0 atom stereocenters. The van der Waals surface area contributed by atoms with Gasteiger partial charge < -0.3 is 0 Å². The van der Waals surface area contributed by atoms with E-state index in [-0.39, 0.29) is 5.78 Å². The highest BCUT2D eigenvalue weighted by atomic mass is 16.1. The highest BCUT2D eigenvalue weighted by Gasteiger charge is 2.10. The summed E-state index contributed by atoms with van der Waals surface area (Å²) in [5.74, 6) is -0.0335. The van der Waals surface area contributed by atoms with Gasteiger partial charge in [-0.05, 0) is 11.6 Å². The minimum atomic E-state index is -0.0335. The lowest BCUT2D eigenvalue weighted by Crippen LogP contribution is -2.02. The van der Waals surface area contributed by atoms with E-state index in [0.717, 1.165) is 5.56 Å². The van der Waals surface area contributed by atoms with E-state index in [2.05, 4.69) is 0 Å². The third-order valence-corrected chi connectivity index (χ3v) is 2.58. The zero-order valence-corrected chi connectivity index (χ0v) is 9.71. The van der Waals surface area contributed by atoms with Crippen LogP contribution < -0.4 is 0 Å². The number of hydrogen-bond donors (Lipinski definition) is 0. The number of benzene rings is 2. The Morgan fingerprint density at radius 3 is 2.39 bits per heavy atom. The third kappa shape index (κ3) is 2.53. The van der Waals surface area contributed by atoms with Gasteiger partial charge >= 0.3 is 0 Å². The normalized spacial score (nSPS) is 10.2. The van der Waals surface area contributed by atoms with Gasteiger partial charge in [0.2, 0.25) is 0 Å². The minimum Gasteiger partial charge on any atom is -0.289 e. The maximum Gasteiger partial charge on any atom is 0.193 e. The molecule has 2 rings (SSSR count). The zero-order valence-electron chi connectivity index (χ0n) is 9.71. The lowest BCUT2D eigenvalue weighted by molar-refractivity contribution is 0.103. The van der Waals surface area contributed by atoms with Crippen molar-refractivity contribution in [1.82, 2.24) is 0 Å². The van der Waals surface area contributed by atoms with Gasteiger partial charge in [0.05, 0.1) is 6.07 Å². The summed E-state index contributed by atoms with van der Waals surface area (Å²) in [4.78, 5) is 12.3. The second-order valence-corrected chi connectivity index (χ2v) is 3.74. The van der Waals surface area contributed by atoms with Crippen molar-refractivity contribution in [3.8, 4) is 6.07 Å². The molecule has 0 N–H and O–H groups in total. The summed E-state index contributed by atoms with van der Waals surface area (Å²) < 4.78 is 0. The maximum absolute atomic E-state index is 12.3. The molecule has 2 aromatic carbocycles.